The Morgan fingerprint density at radius 3 is 1.36 bits per heavy atom. The number of phenolic OH excluding ortho intramolecular Hbond substituents is 2. The van der Waals surface area contributed by atoms with Gasteiger partial charge in [-0.15, -0.1) is 12.4 Å². The number of hydrogen-bond donors (Lipinski definition) is 3. The van der Waals surface area contributed by atoms with Crippen molar-refractivity contribution in [2.24, 2.45) is 0 Å². The second kappa shape index (κ2) is 9.12. The molecule has 0 bridgehead atoms. The van der Waals surface area contributed by atoms with Gasteiger partial charge in [0.15, 0.2) is 0 Å². The van der Waals surface area contributed by atoms with Crippen LogP contribution < -0.4 is 5.32 Å². The van der Waals surface area contributed by atoms with Gasteiger partial charge in [0, 0.05) is 28.6 Å². The molecule has 1 aliphatic rings. The molecule has 0 radical (unpaired) electrons. The lowest BCUT2D eigenvalue weighted by atomic mass is 9.87. The van der Waals surface area contributed by atoms with E-state index in [4.69, 9.17) is 0 Å². The van der Waals surface area contributed by atoms with Crippen molar-refractivity contribution >= 4 is 12.4 Å². The van der Waals surface area contributed by atoms with Crippen LogP contribution in [0.4, 0.5) is 0 Å². The molecule has 0 atom stereocenters. The third kappa shape index (κ3) is 5.38. The maximum absolute atomic E-state index is 9.96. The van der Waals surface area contributed by atoms with Crippen molar-refractivity contribution in [1.29, 1.82) is 0 Å². The Bertz CT molecular complexity index is 613. The van der Waals surface area contributed by atoms with Crippen LogP contribution in [0.5, 0.6) is 11.5 Å². The lowest BCUT2D eigenvalue weighted by Crippen LogP contribution is -2.29. The zero-order chi connectivity index (χ0) is 17.7. The summed E-state index contributed by atoms with van der Waals surface area (Å²) in [6, 6.07) is 16.0. The molecule has 0 spiro atoms. The first-order valence-corrected chi connectivity index (χ1v) is 8.70. The Hall–Kier alpha value is -1.71. The highest BCUT2D eigenvalue weighted by molar-refractivity contribution is 5.85. The number of rotatable bonds is 4. The standard InChI is InChI=1S/C15H14O2.C6H15N.ClH/c16-13-7-3-1-5-11(13)15(9-10-15)12-6-2-4-8-14(12)17;1-5(2)7-6(3)4;/h1-8,16-17H,9-10H2;5-7H,1-4H3;1H. The lowest BCUT2D eigenvalue weighted by molar-refractivity contribution is 0.452. The largest absolute Gasteiger partial charge is 0.508 e. The van der Waals surface area contributed by atoms with E-state index in [2.05, 4.69) is 33.0 Å². The number of phenols is 2. The monoisotopic (exact) mass is 363 g/mol. The van der Waals surface area contributed by atoms with Crippen molar-refractivity contribution in [3.63, 3.8) is 0 Å². The Morgan fingerprint density at radius 2 is 1.12 bits per heavy atom. The molecule has 0 saturated heterocycles. The first kappa shape index (κ1) is 21.3. The minimum atomic E-state index is -0.184. The lowest BCUT2D eigenvalue weighted by Gasteiger charge is -2.18. The van der Waals surface area contributed by atoms with Crippen molar-refractivity contribution < 1.29 is 10.2 Å². The molecular formula is C21H30ClNO2. The predicted octanol–water partition coefficient (Wildman–Crippen LogP) is 4.99. The average molecular weight is 364 g/mol. The molecule has 1 saturated carbocycles. The molecule has 3 rings (SSSR count). The first-order valence-electron chi connectivity index (χ1n) is 8.70. The number of benzene rings is 2. The molecule has 138 valence electrons. The van der Waals surface area contributed by atoms with Crippen LogP contribution >= 0.6 is 12.4 Å². The van der Waals surface area contributed by atoms with Crippen LogP contribution in [0, 0.1) is 0 Å². The quantitative estimate of drug-likeness (QED) is 0.717. The summed E-state index contributed by atoms with van der Waals surface area (Å²) in [5.41, 5.74) is 1.65. The summed E-state index contributed by atoms with van der Waals surface area (Å²) in [6.45, 7) is 8.61. The molecule has 0 aromatic heterocycles. The fourth-order valence-corrected chi connectivity index (χ4v) is 3.23. The van der Waals surface area contributed by atoms with Crippen molar-refractivity contribution in [3.8, 4) is 11.5 Å². The summed E-state index contributed by atoms with van der Waals surface area (Å²) in [4.78, 5) is 0. The number of nitrogens with one attached hydrogen (secondary N) is 1. The van der Waals surface area contributed by atoms with E-state index < -0.39 is 0 Å². The van der Waals surface area contributed by atoms with Crippen molar-refractivity contribution in [2.75, 3.05) is 0 Å². The fraction of sp³-hybridized carbons (Fsp3) is 0.429. The molecule has 0 unspecified atom stereocenters. The van der Waals surface area contributed by atoms with Gasteiger partial charge in [0.2, 0.25) is 0 Å². The SMILES string of the molecule is CC(C)NC(C)C.Cl.Oc1ccccc1C1(c2ccccc2O)CC1. The predicted molar refractivity (Wildman–Crippen MR) is 107 cm³/mol. The summed E-state index contributed by atoms with van der Waals surface area (Å²) in [5, 5.41) is 23.2. The molecule has 0 amide bonds. The third-order valence-electron chi connectivity index (χ3n) is 4.26. The van der Waals surface area contributed by atoms with E-state index in [1.807, 2.05) is 36.4 Å². The van der Waals surface area contributed by atoms with Gasteiger partial charge >= 0.3 is 0 Å². The number of hydrogen-bond acceptors (Lipinski definition) is 3. The van der Waals surface area contributed by atoms with E-state index in [0.717, 1.165) is 24.0 Å². The van der Waals surface area contributed by atoms with Gasteiger partial charge in [-0.2, -0.15) is 0 Å². The van der Waals surface area contributed by atoms with E-state index in [-0.39, 0.29) is 17.8 Å². The summed E-state index contributed by atoms with van der Waals surface area (Å²) in [5.74, 6) is 0.626. The molecule has 2 aromatic rings. The van der Waals surface area contributed by atoms with Crippen LogP contribution in [-0.4, -0.2) is 22.3 Å². The second-order valence-corrected chi connectivity index (χ2v) is 7.09. The summed E-state index contributed by atoms with van der Waals surface area (Å²) in [7, 11) is 0. The average Bonchev–Trinajstić information content (AvgIpc) is 3.29. The van der Waals surface area contributed by atoms with E-state index in [0.29, 0.717) is 23.6 Å². The maximum Gasteiger partial charge on any atom is 0.119 e. The molecule has 3 N–H and O–H groups in total. The summed E-state index contributed by atoms with van der Waals surface area (Å²) in [6.07, 6.45) is 1.95. The third-order valence-corrected chi connectivity index (χ3v) is 4.26. The Balaban J connectivity index is 0.000000339. The topological polar surface area (TPSA) is 52.5 Å². The maximum atomic E-state index is 9.96. The van der Waals surface area contributed by atoms with Gasteiger partial charge in [0.05, 0.1) is 0 Å². The molecule has 4 heteroatoms. The van der Waals surface area contributed by atoms with Crippen LogP contribution in [0.25, 0.3) is 0 Å². The van der Waals surface area contributed by atoms with Gasteiger partial charge in [-0.1, -0.05) is 64.1 Å². The normalized spacial score (nSPS) is 14.5. The van der Waals surface area contributed by atoms with Gasteiger partial charge in [-0.25, -0.2) is 0 Å². The van der Waals surface area contributed by atoms with E-state index in [1.165, 1.54) is 0 Å². The Morgan fingerprint density at radius 1 is 0.760 bits per heavy atom. The highest BCUT2D eigenvalue weighted by atomic mass is 35.5. The fourth-order valence-electron chi connectivity index (χ4n) is 3.23. The number of para-hydroxylation sites is 2. The number of halogens is 1. The van der Waals surface area contributed by atoms with Crippen LogP contribution in [0.2, 0.25) is 0 Å². The van der Waals surface area contributed by atoms with Gasteiger partial charge in [0.1, 0.15) is 11.5 Å². The van der Waals surface area contributed by atoms with E-state index in [9.17, 15) is 10.2 Å². The zero-order valence-electron chi connectivity index (χ0n) is 15.5. The Labute approximate surface area is 157 Å². The Kier molecular flexibility index (Phi) is 7.78. The molecule has 2 aromatic carbocycles. The molecule has 3 nitrogen and oxygen atoms in total. The summed E-state index contributed by atoms with van der Waals surface area (Å²) < 4.78 is 0. The molecule has 1 fully saturated rings. The van der Waals surface area contributed by atoms with Crippen molar-refractivity contribution in [3.05, 3.63) is 59.7 Å². The number of aromatic hydroxyl groups is 2. The van der Waals surface area contributed by atoms with Gasteiger partial charge in [-0.05, 0) is 25.0 Å². The minimum absolute atomic E-state index is 0. The van der Waals surface area contributed by atoms with Gasteiger partial charge in [0.25, 0.3) is 0 Å². The highest BCUT2D eigenvalue weighted by Gasteiger charge is 2.48. The molecular weight excluding hydrogens is 334 g/mol. The minimum Gasteiger partial charge on any atom is -0.508 e. The van der Waals surface area contributed by atoms with Crippen LogP contribution in [0.15, 0.2) is 48.5 Å². The molecule has 0 heterocycles. The smallest absolute Gasteiger partial charge is 0.119 e. The van der Waals surface area contributed by atoms with Crippen LogP contribution in [0.1, 0.15) is 51.7 Å². The van der Waals surface area contributed by atoms with Crippen molar-refractivity contribution in [1.82, 2.24) is 5.32 Å². The highest BCUT2D eigenvalue weighted by Crippen LogP contribution is 2.57. The van der Waals surface area contributed by atoms with Crippen LogP contribution in [0.3, 0.4) is 0 Å². The zero-order valence-corrected chi connectivity index (χ0v) is 16.3. The van der Waals surface area contributed by atoms with Crippen molar-refractivity contribution in [2.45, 2.75) is 58.0 Å². The second-order valence-electron chi connectivity index (χ2n) is 7.09. The molecule has 25 heavy (non-hydrogen) atoms. The van der Waals surface area contributed by atoms with Gasteiger partial charge < -0.3 is 15.5 Å². The van der Waals surface area contributed by atoms with Crippen LogP contribution in [-0.2, 0) is 5.41 Å². The van der Waals surface area contributed by atoms with E-state index in [1.54, 1.807) is 12.1 Å². The molecule has 0 aliphatic heterocycles. The summed E-state index contributed by atoms with van der Waals surface area (Å²) >= 11 is 0. The van der Waals surface area contributed by atoms with Gasteiger partial charge in [-0.3, -0.25) is 0 Å². The first-order chi connectivity index (χ1) is 11.4. The van der Waals surface area contributed by atoms with E-state index >= 15 is 0 Å². The molecule has 1 aliphatic carbocycles.